The van der Waals surface area contributed by atoms with Gasteiger partial charge >= 0.3 is 0 Å². The number of phenolic OH excluding ortho intramolecular Hbond substituents is 1. The van der Waals surface area contributed by atoms with Gasteiger partial charge in [0.05, 0.1) is 19.3 Å². The Morgan fingerprint density at radius 3 is 2.33 bits per heavy atom. The fourth-order valence-electron chi connectivity index (χ4n) is 12.7. The van der Waals surface area contributed by atoms with Gasteiger partial charge in [-0.3, -0.25) is 4.79 Å². The van der Waals surface area contributed by atoms with Crippen molar-refractivity contribution in [3.63, 3.8) is 0 Å². The van der Waals surface area contributed by atoms with Crippen molar-refractivity contribution < 1.29 is 24.9 Å². The van der Waals surface area contributed by atoms with Gasteiger partial charge in [-0.25, -0.2) is 0 Å². The van der Waals surface area contributed by atoms with Gasteiger partial charge in [0, 0.05) is 11.8 Å². The minimum Gasteiger partial charge on any atom is -0.504 e. The quantitative estimate of drug-likeness (QED) is 0.313. The molecule has 0 saturated heterocycles. The number of carbonyl (C=O) groups excluding carboxylic acids is 1. The Morgan fingerprint density at radius 2 is 1.53 bits per heavy atom. The number of aliphatic hydroxyl groups is 2. The van der Waals surface area contributed by atoms with Gasteiger partial charge in [-0.1, -0.05) is 20.8 Å². The number of Topliss-reactive ketones (excluding diaryl/α,β-unsaturated/α-hetero) is 1. The van der Waals surface area contributed by atoms with Crippen molar-refractivity contribution in [2.75, 3.05) is 7.11 Å². The van der Waals surface area contributed by atoms with Crippen molar-refractivity contribution in [1.29, 1.82) is 0 Å². The van der Waals surface area contributed by atoms with Gasteiger partial charge in [0.25, 0.3) is 0 Å². The smallest absolute Gasteiger partial charge is 0.160 e. The average Bonchev–Trinajstić information content (AvgIpc) is 3.47. The molecule has 0 heterocycles. The summed E-state index contributed by atoms with van der Waals surface area (Å²) in [6.07, 6.45) is 16.7. The molecular formula is C38H56O5. The van der Waals surface area contributed by atoms with E-state index < -0.39 is 0 Å². The number of aryl methyl sites for hydroxylation is 1. The number of phenols is 1. The Morgan fingerprint density at radius 1 is 0.767 bits per heavy atom. The Hall–Kier alpha value is -1.59. The number of hydrogen-bond acceptors (Lipinski definition) is 5. The normalized spacial score (nSPS) is 48.0. The van der Waals surface area contributed by atoms with E-state index in [1.54, 1.807) is 7.11 Å². The molecule has 0 aromatic heterocycles. The zero-order valence-corrected chi connectivity index (χ0v) is 27.1. The second-order valence-electron chi connectivity index (χ2n) is 16.8. The number of ether oxygens (including phenoxy) is 1. The van der Waals surface area contributed by atoms with E-state index in [9.17, 15) is 20.1 Å². The largest absolute Gasteiger partial charge is 0.504 e. The molecule has 0 aliphatic heterocycles. The molecule has 0 bridgehead atoms. The van der Waals surface area contributed by atoms with Crippen LogP contribution < -0.4 is 4.74 Å². The summed E-state index contributed by atoms with van der Waals surface area (Å²) < 4.78 is 5.32. The Labute approximate surface area is 259 Å². The Balaban J connectivity index is 0.000000140. The highest BCUT2D eigenvalue weighted by molar-refractivity contribution is 5.87. The first-order valence-corrected chi connectivity index (χ1v) is 17.8. The predicted molar refractivity (Wildman–Crippen MR) is 168 cm³/mol. The van der Waals surface area contributed by atoms with Crippen LogP contribution in [0.2, 0.25) is 0 Å². The number of carbonyl (C=O) groups is 1. The van der Waals surface area contributed by atoms with E-state index in [-0.39, 0.29) is 28.8 Å². The van der Waals surface area contributed by atoms with E-state index in [0.29, 0.717) is 40.6 Å². The molecule has 43 heavy (non-hydrogen) atoms. The fraction of sp³-hybridized carbons (Fsp3) is 0.816. The molecule has 1 unspecified atom stereocenters. The number of aromatic hydroxyl groups is 1. The number of aliphatic hydroxyl groups excluding tert-OH is 2. The lowest BCUT2D eigenvalue weighted by Gasteiger charge is -2.60. The number of hydrogen-bond donors (Lipinski definition) is 3. The summed E-state index contributed by atoms with van der Waals surface area (Å²) in [4.78, 5) is 12.4. The molecule has 7 aliphatic carbocycles. The van der Waals surface area contributed by atoms with Crippen molar-refractivity contribution in [3.8, 4) is 11.5 Å². The molecule has 0 radical (unpaired) electrons. The number of rotatable bonds is 1. The maximum Gasteiger partial charge on any atom is 0.160 e. The highest BCUT2D eigenvalue weighted by Gasteiger charge is 2.60. The molecule has 5 heteroatoms. The maximum atomic E-state index is 12.4. The van der Waals surface area contributed by atoms with E-state index in [0.717, 1.165) is 75.5 Å². The van der Waals surface area contributed by atoms with E-state index in [1.807, 2.05) is 6.07 Å². The zero-order valence-electron chi connectivity index (χ0n) is 27.1. The second kappa shape index (κ2) is 10.7. The molecular weight excluding hydrogens is 536 g/mol. The maximum absolute atomic E-state index is 12.4. The fourth-order valence-corrected chi connectivity index (χ4v) is 12.7. The van der Waals surface area contributed by atoms with Crippen LogP contribution in [0.15, 0.2) is 12.1 Å². The Bertz CT molecular complexity index is 1240. The van der Waals surface area contributed by atoms with E-state index >= 15 is 0 Å². The molecule has 8 rings (SSSR count). The topological polar surface area (TPSA) is 87.0 Å². The summed E-state index contributed by atoms with van der Waals surface area (Å²) in [7, 11) is 1.62. The van der Waals surface area contributed by atoms with Crippen LogP contribution in [0.5, 0.6) is 11.5 Å². The predicted octanol–water partition coefficient (Wildman–Crippen LogP) is 7.58. The van der Waals surface area contributed by atoms with Gasteiger partial charge in [-0.05, 0) is 165 Å². The molecule has 6 fully saturated rings. The molecule has 3 N–H and O–H groups in total. The molecule has 238 valence electrons. The van der Waals surface area contributed by atoms with Crippen LogP contribution in [0.4, 0.5) is 0 Å². The molecule has 12 atom stereocenters. The molecule has 1 aromatic carbocycles. The summed E-state index contributed by atoms with van der Waals surface area (Å²) >= 11 is 0. The summed E-state index contributed by atoms with van der Waals surface area (Å²) in [6, 6.07) is 3.97. The third-order valence-corrected chi connectivity index (χ3v) is 15.3. The monoisotopic (exact) mass is 592 g/mol. The number of fused-ring (bicyclic) bond motifs is 10. The lowest BCUT2D eigenvalue weighted by Crippen LogP contribution is -2.54. The summed E-state index contributed by atoms with van der Waals surface area (Å²) in [5.74, 6) is 6.29. The van der Waals surface area contributed by atoms with Gasteiger partial charge in [-0.15, -0.1) is 0 Å². The van der Waals surface area contributed by atoms with Crippen molar-refractivity contribution in [3.05, 3.63) is 23.3 Å². The first-order valence-electron chi connectivity index (χ1n) is 17.8. The molecule has 0 amide bonds. The Kier molecular flexibility index (Phi) is 7.52. The first kappa shape index (κ1) is 30.1. The highest BCUT2D eigenvalue weighted by atomic mass is 16.5. The molecule has 7 aliphatic rings. The van der Waals surface area contributed by atoms with Gasteiger partial charge in [0.1, 0.15) is 5.78 Å². The van der Waals surface area contributed by atoms with Crippen LogP contribution in [0.1, 0.15) is 128 Å². The van der Waals surface area contributed by atoms with Crippen LogP contribution in [-0.2, 0) is 11.2 Å². The van der Waals surface area contributed by atoms with Crippen LogP contribution in [0.3, 0.4) is 0 Å². The van der Waals surface area contributed by atoms with E-state index in [2.05, 4.69) is 26.8 Å². The zero-order chi connectivity index (χ0) is 30.3. The molecule has 5 nitrogen and oxygen atoms in total. The number of benzene rings is 1. The van der Waals surface area contributed by atoms with Crippen LogP contribution in [0.25, 0.3) is 0 Å². The average molecular weight is 593 g/mol. The standard InChI is InChI=1S/C19H26O3.C19H30O2/c1-19-8-7-12-13(15(19)5-6-18(19)21)4-3-11-9-16(20)17(22-2)10-14(11)12;1-18-9-7-13(20)11-12(18)3-4-14-15-5-6-17(21)19(15,2)10-8-16(14)18/h9-10,12-13,15,18,20-21H,3-8H2,1-2H3;12-16,20H,3-11H2,1-2H3/t12-,13+,15-,18?,19-;12-,13+,14-,15-,16-,18-,19-/m00/s1. The first-order chi connectivity index (χ1) is 20.5. The van der Waals surface area contributed by atoms with Gasteiger partial charge in [0.2, 0.25) is 0 Å². The minimum atomic E-state index is -0.116. The molecule has 6 saturated carbocycles. The van der Waals surface area contributed by atoms with Gasteiger partial charge in [-0.2, -0.15) is 0 Å². The van der Waals surface area contributed by atoms with Gasteiger partial charge in [0.15, 0.2) is 11.5 Å². The summed E-state index contributed by atoms with van der Waals surface area (Å²) in [5, 5.41) is 30.5. The van der Waals surface area contributed by atoms with E-state index in [4.69, 9.17) is 4.74 Å². The SMILES string of the molecule is COc1cc2c(cc1O)CC[C@@H]1[C@@H]2CC[C@]2(C)C(O)CC[C@@H]12.C[C@]12CC[C@@H](O)C[C@@H]1CC[C@@H]1[C@@H]2CC[C@]2(C)C(=O)CC[C@@H]12. The van der Waals surface area contributed by atoms with Crippen molar-refractivity contribution in [2.45, 2.75) is 135 Å². The third kappa shape index (κ3) is 4.55. The second-order valence-corrected chi connectivity index (χ2v) is 16.8. The highest BCUT2D eigenvalue weighted by Crippen LogP contribution is 2.65. The lowest BCUT2D eigenvalue weighted by atomic mass is 9.45. The summed E-state index contributed by atoms with van der Waals surface area (Å²) in [6.45, 7) is 7.08. The third-order valence-electron chi connectivity index (χ3n) is 15.3. The number of methoxy groups -OCH3 is 1. The lowest BCUT2D eigenvalue weighted by molar-refractivity contribution is -0.142. The van der Waals surface area contributed by atoms with Crippen LogP contribution in [-0.4, -0.2) is 40.4 Å². The summed E-state index contributed by atoms with van der Waals surface area (Å²) in [5.41, 5.74) is 3.25. The van der Waals surface area contributed by atoms with E-state index in [1.165, 1.54) is 49.7 Å². The van der Waals surface area contributed by atoms with Crippen molar-refractivity contribution in [2.24, 2.45) is 51.8 Å². The van der Waals surface area contributed by atoms with Crippen LogP contribution >= 0.6 is 0 Å². The number of ketones is 1. The minimum absolute atomic E-state index is 0.0124. The van der Waals surface area contributed by atoms with Crippen molar-refractivity contribution in [1.82, 2.24) is 0 Å². The molecule has 0 spiro atoms. The van der Waals surface area contributed by atoms with Crippen LogP contribution in [0, 0.1) is 51.8 Å². The van der Waals surface area contributed by atoms with Crippen molar-refractivity contribution >= 4 is 5.78 Å². The molecule has 1 aromatic rings. The van der Waals surface area contributed by atoms with Gasteiger partial charge < -0.3 is 20.1 Å².